The number of carbonyl (C=O) groups excluding carboxylic acids is 1. The second-order valence-electron chi connectivity index (χ2n) is 4.24. The van der Waals surface area contributed by atoms with Crippen LogP contribution in [0, 0.1) is 0 Å². The third kappa shape index (κ3) is 6.05. The molecule has 1 aromatic rings. The number of carbonyl (C=O) groups is 1. The lowest BCUT2D eigenvalue weighted by Gasteiger charge is -2.12. The highest BCUT2D eigenvalue weighted by Crippen LogP contribution is 2.31. The van der Waals surface area contributed by atoms with Crippen LogP contribution >= 0.6 is 15.9 Å². The lowest BCUT2D eigenvalue weighted by Crippen LogP contribution is -2.15. The van der Waals surface area contributed by atoms with E-state index in [0.717, 1.165) is 0 Å². The Labute approximate surface area is 130 Å². The fraction of sp³-hybridized carbons (Fsp3) is 0.214. The second-order valence-corrected chi connectivity index (χ2v) is 5.15. The highest BCUT2D eigenvalue weighted by Gasteiger charge is 2.35. The van der Waals surface area contributed by atoms with Gasteiger partial charge in [-0.05, 0) is 23.8 Å². The van der Waals surface area contributed by atoms with Gasteiger partial charge < -0.3 is 0 Å². The van der Waals surface area contributed by atoms with Crippen molar-refractivity contribution in [1.82, 2.24) is 0 Å². The van der Waals surface area contributed by atoms with Crippen molar-refractivity contribution >= 4 is 22.2 Å². The van der Waals surface area contributed by atoms with Gasteiger partial charge in [0.25, 0.3) is 0 Å². The van der Waals surface area contributed by atoms with Crippen LogP contribution in [0.25, 0.3) is 0 Å². The molecular formula is C14H9BrF6O. The molecule has 0 aliphatic heterocycles. The number of alkyl halides is 6. The molecule has 0 unspecified atom stereocenters. The normalized spacial score (nSPS) is 14.1. The van der Waals surface area contributed by atoms with Gasteiger partial charge in [-0.2, -0.15) is 26.3 Å². The first-order valence-corrected chi connectivity index (χ1v) is 6.58. The van der Waals surface area contributed by atoms with E-state index in [1.165, 1.54) is 12.1 Å². The summed E-state index contributed by atoms with van der Waals surface area (Å²) in [5.41, 5.74) is -2.02. The molecule has 0 aliphatic carbocycles. The molecule has 1 aromatic carbocycles. The minimum atomic E-state index is -5.07. The molecule has 0 spiro atoms. The number of benzene rings is 1. The Bertz CT molecular complexity index is 598. The highest BCUT2D eigenvalue weighted by atomic mass is 79.9. The molecule has 0 saturated carbocycles. The van der Waals surface area contributed by atoms with E-state index in [0.29, 0.717) is 10.0 Å². The van der Waals surface area contributed by atoms with Gasteiger partial charge in [-0.1, -0.05) is 28.1 Å². The Morgan fingerprint density at radius 3 is 2.23 bits per heavy atom. The molecule has 0 aromatic heterocycles. The van der Waals surface area contributed by atoms with Crippen LogP contribution in [0.1, 0.15) is 5.56 Å². The zero-order valence-electron chi connectivity index (χ0n) is 10.8. The maximum absolute atomic E-state index is 12.9. The van der Waals surface area contributed by atoms with E-state index in [-0.39, 0.29) is 12.4 Å². The molecule has 0 N–H and O–H groups in total. The number of allylic oxidation sites excluding steroid dienone is 4. The minimum absolute atomic E-state index is 0.0789. The van der Waals surface area contributed by atoms with Crippen LogP contribution in [0.5, 0.6) is 0 Å². The third-order valence-corrected chi connectivity index (χ3v) is 3.01. The van der Waals surface area contributed by atoms with Crippen LogP contribution < -0.4 is 0 Å². The second kappa shape index (κ2) is 7.13. The predicted molar refractivity (Wildman–Crippen MR) is 72.2 cm³/mol. The molecule has 0 saturated heterocycles. The van der Waals surface area contributed by atoms with Crippen molar-refractivity contribution in [3.05, 3.63) is 57.6 Å². The van der Waals surface area contributed by atoms with Crippen molar-refractivity contribution in [3.8, 4) is 0 Å². The lowest BCUT2D eigenvalue weighted by molar-refractivity contribution is -0.107. The summed E-state index contributed by atoms with van der Waals surface area (Å²) < 4.78 is 75.4. The maximum Gasteiger partial charge on any atom is 0.416 e. The number of halogens is 7. The number of hydrogen-bond donors (Lipinski definition) is 0. The maximum atomic E-state index is 12.9. The molecule has 0 atom stereocenters. The molecule has 0 heterocycles. The van der Waals surface area contributed by atoms with Crippen molar-refractivity contribution in [2.24, 2.45) is 0 Å². The first kappa shape index (κ1) is 18.5. The lowest BCUT2D eigenvalue weighted by atomic mass is 10.00. The zero-order valence-corrected chi connectivity index (χ0v) is 12.4. The minimum Gasteiger partial charge on any atom is -0.298 e. The number of aldehydes is 1. The van der Waals surface area contributed by atoms with E-state index in [1.54, 1.807) is 12.1 Å². The molecule has 0 bridgehead atoms. The summed E-state index contributed by atoms with van der Waals surface area (Å²) in [7, 11) is 0. The third-order valence-electron chi connectivity index (χ3n) is 2.52. The summed E-state index contributed by atoms with van der Waals surface area (Å²) in [4.78, 5) is 10.9. The highest BCUT2D eigenvalue weighted by molar-refractivity contribution is 9.10. The van der Waals surface area contributed by atoms with Gasteiger partial charge in [0.2, 0.25) is 0 Å². The van der Waals surface area contributed by atoms with Gasteiger partial charge in [-0.25, -0.2) is 0 Å². The van der Waals surface area contributed by atoms with Gasteiger partial charge in [-0.3, -0.25) is 4.79 Å². The Kier molecular flexibility index (Phi) is 5.99. The van der Waals surface area contributed by atoms with Crippen molar-refractivity contribution in [3.63, 3.8) is 0 Å². The topological polar surface area (TPSA) is 17.1 Å². The quantitative estimate of drug-likeness (QED) is 0.302. The van der Waals surface area contributed by atoms with Crippen molar-refractivity contribution in [2.45, 2.75) is 18.8 Å². The first-order valence-electron chi connectivity index (χ1n) is 5.79. The average molecular weight is 387 g/mol. The van der Waals surface area contributed by atoms with Crippen LogP contribution in [0.3, 0.4) is 0 Å². The van der Waals surface area contributed by atoms with Crippen LogP contribution in [-0.4, -0.2) is 18.6 Å². The average Bonchev–Trinajstić information content (AvgIpc) is 2.34. The smallest absolute Gasteiger partial charge is 0.298 e. The van der Waals surface area contributed by atoms with E-state index < -0.39 is 36.0 Å². The summed E-state index contributed by atoms with van der Waals surface area (Å²) in [6.07, 6.45) is -11.1. The Morgan fingerprint density at radius 1 is 1.14 bits per heavy atom. The Hall–Kier alpha value is -1.57. The molecule has 120 valence electrons. The van der Waals surface area contributed by atoms with Gasteiger partial charge in [0.15, 0.2) is 0 Å². The number of rotatable bonds is 4. The monoisotopic (exact) mass is 386 g/mol. The summed E-state index contributed by atoms with van der Waals surface area (Å²) in [6, 6.07) is 6.11. The summed E-state index contributed by atoms with van der Waals surface area (Å²) in [5.74, 6) is 0. The number of hydrogen-bond acceptors (Lipinski definition) is 1. The van der Waals surface area contributed by atoms with Crippen molar-refractivity contribution in [2.75, 3.05) is 0 Å². The van der Waals surface area contributed by atoms with Crippen molar-refractivity contribution in [1.29, 1.82) is 0 Å². The molecule has 0 aliphatic rings. The molecule has 0 radical (unpaired) electrons. The van der Waals surface area contributed by atoms with Crippen LogP contribution in [0.2, 0.25) is 0 Å². The van der Waals surface area contributed by atoms with E-state index in [1.807, 2.05) is 0 Å². The van der Waals surface area contributed by atoms with Gasteiger partial charge >= 0.3 is 12.4 Å². The standard InChI is InChI=1S/C14H9BrF6O/c15-11-3-1-2-9(7-11)6-10(8-22)12(14(19,20)21)4-5-13(16,17)18/h1-5,7-8H,6H2/b5-4?,12-10+. The summed E-state index contributed by atoms with van der Waals surface area (Å²) in [6.45, 7) is 0. The molecule has 1 nitrogen and oxygen atoms in total. The van der Waals surface area contributed by atoms with E-state index in [4.69, 9.17) is 0 Å². The predicted octanol–water partition coefficient (Wildman–Crippen LogP) is 5.17. The van der Waals surface area contributed by atoms with Crippen LogP contribution in [0.4, 0.5) is 26.3 Å². The van der Waals surface area contributed by atoms with Gasteiger partial charge in [-0.15, -0.1) is 0 Å². The fourth-order valence-electron chi connectivity index (χ4n) is 1.63. The summed E-state index contributed by atoms with van der Waals surface area (Å²) in [5, 5.41) is 0. The van der Waals surface area contributed by atoms with Gasteiger partial charge in [0.1, 0.15) is 6.29 Å². The first-order chi connectivity index (χ1) is 10.0. The summed E-state index contributed by atoms with van der Waals surface area (Å²) >= 11 is 3.12. The molecule has 0 amide bonds. The molecule has 22 heavy (non-hydrogen) atoms. The molecule has 1 rings (SSSR count). The largest absolute Gasteiger partial charge is 0.416 e. The van der Waals surface area contributed by atoms with E-state index in [2.05, 4.69) is 15.9 Å². The zero-order chi connectivity index (χ0) is 17.0. The van der Waals surface area contributed by atoms with E-state index in [9.17, 15) is 31.1 Å². The SMILES string of the molecule is O=C/C(Cc1cccc(Br)c1)=C(\C=CC(F)(F)F)C(F)(F)F. The Morgan fingerprint density at radius 2 is 1.77 bits per heavy atom. The van der Waals surface area contributed by atoms with E-state index >= 15 is 0 Å². The van der Waals surface area contributed by atoms with Crippen LogP contribution in [-0.2, 0) is 11.2 Å². The molecule has 0 fully saturated rings. The van der Waals surface area contributed by atoms with Crippen LogP contribution in [0.15, 0.2) is 52.0 Å². The van der Waals surface area contributed by atoms with Crippen molar-refractivity contribution < 1.29 is 31.1 Å². The van der Waals surface area contributed by atoms with Gasteiger partial charge in [0.05, 0.1) is 5.57 Å². The molecular weight excluding hydrogens is 378 g/mol. The Balaban J connectivity index is 3.27. The van der Waals surface area contributed by atoms with Gasteiger partial charge in [0, 0.05) is 22.5 Å². The fourth-order valence-corrected chi connectivity index (χ4v) is 2.08. The molecule has 8 heteroatoms.